The largest absolute Gasteiger partial charge is 0.379 e. The fraction of sp³-hybridized carbons (Fsp3) is 0.136. The molecule has 4 rings (SSSR count). The smallest absolute Gasteiger partial charge is 0.287 e. The molecule has 0 radical (unpaired) electrons. The first-order chi connectivity index (χ1) is 14.9. The lowest BCUT2D eigenvalue weighted by Gasteiger charge is -2.08. The number of aromatic amines is 1. The molecule has 2 heterocycles. The van der Waals surface area contributed by atoms with Crippen LogP contribution in [0.25, 0.3) is 22.4 Å². The van der Waals surface area contributed by atoms with Crippen LogP contribution in [0.1, 0.15) is 24.2 Å². The molecular weight excluding hydrogens is 416 g/mol. The topological polar surface area (TPSA) is 114 Å². The van der Waals surface area contributed by atoms with Gasteiger partial charge < -0.3 is 9.82 Å². The summed E-state index contributed by atoms with van der Waals surface area (Å²) in [6.45, 7) is 3.28. The Hall–Kier alpha value is -3.72. The second-order valence-electron chi connectivity index (χ2n) is 7.12. The first kappa shape index (κ1) is 20.5. The zero-order valence-corrected chi connectivity index (χ0v) is 17.7. The fourth-order valence-corrected chi connectivity index (χ4v) is 4.00. The molecule has 8 nitrogen and oxygen atoms in total. The third-order valence-corrected chi connectivity index (χ3v) is 6.90. The van der Waals surface area contributed by atoms with Crippen molar-refractivity contribution in [1.29, 1.82) is 0 Å². The van der Waals surface area contributed by atoms with E-state index in [9.17, 15) is 13.2 Å². The predicted octanol–water partition coefficient (Wildman–Crippen LogP) is 3.53. The van der Waals surface area contributed by atoms with Crippen molar-refractivity contribution in [3.8, 4) is 17.0 Å². The maximum atomic E-state index is 12.6. The van der Waals surface area contributed by atoms with E-state index in [0.29, 0.717) is 28.2 Å². The van der Waals surface area contributed by atoms with Gasteiger partial charge in [-0.25, -0.2) is 18.4 Å². The third-order valence-electron chi connectivity index (χ3n) is 4.73. The van der Waals surface area contributed by atoms with E-state index in [2.05, 4.69) is 20.4 Å². The average molecular weight is 436 g/mol. The molecule has 0 aliphatic heterocycles. The molecule has 0 saturated carbocycles. The number of fused-ring (bicyclic) bond motifs is 1. The van der Waals surface area contributed by atoms with Gasteiger partial charge in [-0.05, 0) is 38.1 Å². The van der Waals surface area contributed by atoms with Crippen molar-refractivity contribution in [2.45, 2.75) is 24.0 Å². The highest BCUT2D eigenvalue weighted by Gasteiger charge is 2.19. The minimum atomic E-state index is -3.36. The molecular formula is C22H20N4O4S. The maximum Gasteiger partial charge on any atom is 0.287 e. The summed E-state index contributed by atoms with van der Waals surface area (Å²) >= 11 is 0. The normalized spacial score (nSPS) is 11.6. The summed E-state index contributed by atoms with van der Waals surface area (Å²) in [5.41, 5.74) is 4.70. The number of hydrogen-bond acceptors (Lipinski definition) is 6. The Bertz CT molecular complexity index is 1330. The summed E-state index contributed by atoms with van der Waals surface area (Å²) in [6.07, 6.45) is 3.07. The van der Waals surface area contributed by atoms with Crippen LogP contribution in [-0.2, 0) is 9.84 Å². The van der Waals surface area contributed by atoms with Crippen molar-refractivity contribution in [2.75, 3.05) is 0 Å². The lowest BCUT2D eigenvalue weighted by molar-refractivity contribution is 0.0761. The monoisotopic (exact) mass is 436 g/mol. The lowest BCUT2D eigenvalue weighted by Crippen LogP contribution is -2.26. The van der Waals surface area contributed by atoms with Gasteiger partial charge in [0.2, 0.25) is 0 Å². The van der Waals surface area contributed by atoms with Crippen molar-refractivity contribution in [2.24, 2.45) is 0 Å². The number of H-pyrrole nitrogens is 1. The van der Waals surface area contributed by atoms with Gasteiger partial charge in [-0.1, -0.05) is 30.3 Å². The van der Waals surface area contributed by atoms with Gasteiger partial charge in [-0.15, -0.1) is 0 Å². The number of para-hydroxylation sites is 1. The molecule has 0 fully saturated rings. The number of nitrogens with one attached hydrogen (secondary N) is 2. The molecule has 2 N–H and O–H groups in total. The fourth-order valence-electron chi connectivity index (χ4n) is 2.94. The van der Waals surface area contributed by atoms with Crippen molar-refractivity contribution >= 4 is 26.9 Å². The van der Waals surface area contributed by atoms with Crippen molar-refractivity contribution < 1.29 is 18.0 Å². The summed E-state index contributed by atoms with van der Waals surface area (Å²) in [5, 5.41) is -0.506. The van der Waals surface area contributed by atoms with Crippen molar-refractivity contribution in [3.63, 3.8) is 0 Å². The number of sulfone groups is 1. The van der Waals surface area contributed by atoms with Crippen LogP contribution in [0.3, 0.4) is 0 Å². The van der Waals surface area contributed by atoms with Gasteiger partial charge in [0, 0.05) is 11.8 Å². The molecule has 0 saturated heterocycles. The van der Waals surface area contributed by atoms with Crippen LogP contribution in [0, 0.1) is 0 Å². The van der Waals surface area contributed by atoms with Gasteiger partial charge in [-0.2, -0.15) is 5.48 Å². The molecule has 158 valence electrons. The molecule has 0 bridgehead atoms. The van der Waals surface area contributed by atoms with E-state index in [1.165, 1.54) is 6.20 Å². The number of benzene rings is 2. The molecule has 1 amide bonds. The average Bonchev–Trinajstić information content (AvgIpc) is 3.21. The van der Waals surface area contributed by atoms with Crippen LogP contribution >= 0.6 is 0 Å². The van der Waals surface area contributed by atoms with Gasteiger partial charge in [0.1, 0.15) is 5.52 Å². The number of carbonyl (C=O) groups excluding carboxylic acids is 1. The molecule has 4 aromatic rings. The molecule has 31 heavy (non-hydrogen) atoms. The van der Waals surface area contributed by atoms with Crippen molar-refractivity contribution in [3.05, 3.63) is 72.6 Å². The van der Waals surface area contributed by atoms with E-state index in [1.54, 1.807) is 68.6 Å². The quantitative estimate of drug-likeness (QED) is 0.447. The second-order valence-corrected chi connectivity index (χ2v) is 9.62. The minimum Gasteiger partial charge on any atom is -0.379 e. The Labute approximate surface area is 179 Å². The first-order valence-electron chi connectivity index (χ1n) is 9.57. The highest BCUT2D eigenvalue weighted by Crippen LogP contribution is 2.24. The van der Waals surface area contributed by atoms with Gasteiger partial charge in [-0.3, -0.25) is 4.79 Å². The Balaban J connectivity index is 1.60. The number of amides is 1. The summed E-state index contributed by atoms with van der Waals surface area (Å²) in [7, 11) is -3.36. The lowest BCUT2D eigenvalue weighted by atomic mass is 10.1. The second kappa shape index (κ2) is 8.19. The van der Waals surface area contributed by atoms with Crippen LogP contribution in [0.15, 0.2) is 71.9 Å². The zero-order chi connectivity index (χ0) is 22.0. The summed E-state index contributed by atoms with van der Waals surface area (Å²) in [5.74, 6) is 0.0267. The van der Waals surface area contributed by atoms with E-state index < -0.39 is 21.0 Å². The standard InChI is InChI=1S/C22H20N4O4S/c1-14(2)31(28,29)17-10-8-15(9-11-17)19-13-24-21-20(25-19)18(12-23-21)22(27)26-30-16-6-4-3-5-7-16/h3-14H,1-2H3,(H,23,24)(H,26,27). The molecule has 0 spiro atoms. The maximum absolute atomic E-state index is 12.6. The van der Waals surface area contributed by atoms with E-state index >= 15 is 0 Å². The molecule has 9 heteroatoms. The molecule has 2 aromatic heterocycles. The molecule has 0 aliphatic carbocycles. The number of rotatable bonds is 6. The number of carbonyl (C=O) groups is 1. The minimum absolute atomic E-state index is 0.250. The highest BCUT2D eigenvalue weighted by molar-refractivity contribution is 7.92. The molecule has 2 aromatic carbocycles. The Morgan fingerprint density at radius 1 is 1.06 bits per heavy atom. The van der Waals surface area contributed by atoms with Crippen molar-refractivity contribution in [1.82, 2.24) is 20.4 Å². The molecule has 0 aliphatic rings. The zero-order valence-electron chi connectivity index (χ0n) is 16.9. The summed E-state index contributed by atoms with van der Waals surface area (Å²) in [4.78, 5) is 29.9. The summed E-state index contributed by atoms with van der Waals surface area (Å²) < 4.78 is 24.6. The number of hydrogen-bond donors (Lipinski definition) is 2. The van der Waals surface area contributed by atoms with Crippen LogP contribution in [0.5, 0.6) is 5.75 Å². The van der Waals surface area contributed by atoms with Crippen LogP contribution in [0.2, 0.25) is 0 Å². The highest BCUT2D eigenvalue weighted by atomic mass is 32.2. The first-order valence-corrected chi connectivity index (χ1v) is 11.1. The van der Waals surface area contributed by atoms with Gasteiger partial charge in [0.25, 0.3) is 5.91 Å². The Kier molecular flexibility index (Phi) is 5.43. The third kappa shape index (κ3) is 4.13. The van der Waals surface area contributed by atoms with Gasteiger partial charge in [0.05, 0.1) is 27.6 Å². The summed E-state index contributed by atoms with van der Waals surface area (Å²) in [6, 6.07) is 15.3. The van der Waals surface area contributed by atoms with Gasteiger partial charge in [0.15, 0.2) is 21.2 Å². The SMILES string of the molecule is CC(C)S(=O)(=O)c1ccc(-c2cnc3[nH]cc(C(=O)NOc4ccccc4)c3n2)cc1. The Morgan fingerprint density at radius 2 is 1.77 bits per heavy atom. The molecule has 0 atom stereocenters. The van der Waals surface area contributed by atoms with E-state index in [4.69, 9.17) is 4.84 Å². The number of nitrogens with zero attached hydrogens (tertiary/aromatic N) is 2. The van der Waals surface area contributed by atoms with E-state index in [1.807, 2.05) is 6.07 Å². The van der Waals surface area contributed by atoms with Crippen LogP contribution in [-0.4, -0.2) is 34.5 Å². The van der Waals surface area contributed by atoms with E-state index in [-0.39, 0.29) is 10.5 Å². The number of hydroxylamine groups is 1. The van der Waals surface area contributed by atoms with Crippen LogP contribution in [0.4, 0.5) is 0 Å². The number of aromatic nitrogens is 3. The van der Waals surface area contributed by atoms with E-state index in [0.717, 1.165) is 0 Å². The molecule has 0 unspecified atom stereocenters. The van der Waals surface area contributed by atoms with Crippen LogP contribution < -0.4 is 10.3 Å². The Morgan fingerprint density at radius 3 is 2.45 bits per heavy atom. The predicted molar refractivity (Wildman–Crippen MR) is 116 cm³/mol. The van der Waals surface area contributed by atoms with Gasteiger partial charge >= 0.3 is 0 Å².